The number of hydrogen-bond acceptors (Lipinski definition) is 3. The molecular formula is C20H21N3OS. The van der Waals surface area contributed by atoms with Crippen LogP contribution >= 0.6 is 11.8 Å². The van der Waals surface area contributed by atoms with E-state index in [2.05, 4.69) is 29.0 Å². The molecule has 25 heavy (non-hydrogen) atoms. The Bertz CT molecular complexity index is 895. The number of hydrogen-bond donors (Lipinski definition) is 1. The number of amides is 1. The van der Waals surface area contributed by atoms with Gasteiger partial charge in [-0.15, -0.1) is 0 Å². The van der Waals surface area contributed by atoms with Crippen molar-refractivity contribution >= 4 is 28.7 Å². The van der Waals surface area contributed by atoms with Crippen LogP contribution in [0.4, 0.5) is 0 Å². The van der Waals surface area contributed by atoms with E-state index >= 15 is 0 Å². The zero-order chi connectivity index (χ0) is 17.2. The molecule has 0 radical (unpaired) electrons. The summed E-state index contributed by atoms with van der Waals surface area (Å²) >= 11 is 1.68. The number of H-pyrrole nitrogens is 1. The number of thioether (sulfide) groups is 1. The number of rotatable bonds is 4. The minimum absolute atomic E-state index is 0.157. The van der Waals surface area contributed by atoms with Gasteiger partial charge in [-0.1, -0.05) is 30.0 Å². The summed E-state index contributed by atoms with van der Waals surface area (Å²) in [5, 5.41) is 0.929. The number of aromatic amines is 1. The molecular weight excluding hydrogens is 330 g/mol. The van der Waals surface area contributed by atoms with E-state index in [0.717, 1.165) is 53.4 Å². The molecule has 0 unspecified atom stereocenters. The average Bonchev–Trinajstić information content (AvgIpc) is 3.29. The van der Waals surface area contributed by atoms with Gasteiger partial charge in [-0.25, -0.2) is 4.98 Å². The highest BCUT2D eigenvalue weighted by molar-refractivity contribution is 7.98. The van der Waals surface area contributed by atoms with Crippen LogP contribution in [0.15, 0.2) is 47.6 Å². The third-order valence-electron chi connectivity index (χ3n) is 4.59. The number of imidazole rings is 1. The molecule has 1 fully saturated rings. The van der Waals surface area contributed by atoms with E-state index in [0.29, 0.717) is 0 Å². The smallest absolute Gasteiger partial charge is 0.253 e. The highest BCUT2D eigenvalue weighted by Crippen LogP contribution is 2.24. The van der Waals surface area contributed by atoms with Crippen molar-refractivity contribution in [1.29, 1.82) is 0 Å². The standard InChI is InChI=1S/C20H21N3OS/c1-14-4-9-17-18(12-14)22-20(21-17)25-13-15-5-7-16(8-6-15)19(24)23-10-2-3-11-23/h4-9,12H,2-3,10-11,13H2,1H3,(H,21,22). The normalized spacial score (nSPS) is 14.4. The van der Waals surface area contributed by atoms with E-state index in [-0.39, 0.29) is 5.91 Å². The summed E-state index contributed by atoms with van der Waals surface area (Å²) in [7, 11) is 0. The van der Waals surface area contributed by atoms with Crippen LogP contribution in [-0.2, 0) is 5.75 Å². The summed E-state index contributed by atoms with van der Waals surface area (Å²) in [6.45, 7) is 3.86. The molecule has 1 saturated heterocycles. The molecule has 1 amide bonds. The molecule has 128 valence electrons. The molecule has 0 saturated carbocycles. The Morgan fingerprint density at radius 2 is 1.92 bits per heavy atom. The van der Waals surface area contributed by atoms with Crippen LogP contribution in [0.3, 0.4) is 0 Å². The second kappa shape index (κ2) is 6.92. The molecule has 1 aliphatic rings. The second-order valence-corrected chi connectivity index (χ2v) is 7.51. The number of nitrogens with one attached hydrogen (secondary N) is 1. The summed E-state index contributed by atoms with van der Waals surface area (Å²) in [5.74, 6) is 0.987. The van der Waals surface area contributed by atoms with Gasteiger partial charge in [0.15, 0.2) is 5.16 Å². The van der Waals surface area contributed by atoms with Gasteiger partial charge in [0.1, 0.15) is 0 Å². The lowest BCUT2D eigenvalue weighted by molar-refractivity contribution is 0.0793. The Morgan fingerprint density at radius 3 is 2.68 bits per heavy atom. The predicted octanol–water partition coefficient (Wildman–Crippen LogP) is 4.40. The molecule has 1 N–H and O–H groups in total. The summed E-state index contributed by atoms with van der Waals surface area (Å²) in [6, 6.07) is 14.2. The van der Waals surface area contributed by atoms with E-state index in [1.807, 2.05) is 35.2 Å². The van der Waals surface area contributed by atoms with Crippen LogP contribution in [0.25, 0.3) is 11.0 Å². The first-order valence-electron chi connectivity index (χ1n) is 8.66. The fourth-order valence-corrected chi connectivity index (χ4v) is 4.01. The van der Waals surface area contributed by atoms with Crippen molar-refractivity contribution in [3.8, 4) is 0 Å². The minimum atomic E-state index is 0.157. The topological polar surface area (TPSA) is 49.0 Å². The Balaban J connectivity index is 1.41. The van der Waals surface area contributed by atoms with Crippen LogP contribution < -0.4 is 0 Å². The number of benzene rings is 2. The highest BCUT2D eigenvalue weighted by atomic mass is 32.2. The maximum absolute atomic E-state index is 12.4. The molecule has 5 heteroatoms. The Morgan fingerprint density at radius 1 is 1.16 bits per heavy atom. The van der Waals surface area contributed by atoms with Crippen molar-refractivity contribution in [3.63, 3.8) is 0 Å². The molecule has 0 aliphatic carbocycles. The molecule has 2 heterocycles. The number of aryl methyl sites for hydroxylation is 1. The van der Waals surface area contributed by atoms with E-state index in [9.17, 15) is 4.79 Å². The molecule has 0 bridgehead atoms. The SMILES string of the molecule is Cc1ccc2nc(SCc3ccc(C(=O)N4CCCC4)cc3)[nH]c2c1. The molecule has 4 rings (SSSR count). The van der Waals surface area contributed by atoms with E-state index < -0.39 is 0 Å². The monoisotopic (exact) mass is 351 g/mol. The van der Waals surface area contributed by atoms with E-state index in [1.165, 1.54) is 11.1 Å². The number of carbonyl (C=O) groups excluding carboxylic acids is 1. The first-order valence-corrected chi connectivity index (χ1v) is 9.65. The quantitative estimate of drug-likeness (QED) is 0.709. The van der Waals surface area contributed by atoms with Gasteiger partial charge in [0.2, 0.25) is 0 Å². The Labute approximate surface area is 151 Å². The predicted molar refractivity (Wildman–Crippen MR) is 102 cm³/mol. The third-order valence-corrected chi connectivity index (χ3v) is 5.53. The average molecular weight is 351 g/mol. The Hall–Kier alpha value is -2.27. The van der Waals surface area contributed by atoms with Crippen molar-refractivity contribution in [1.82, 2.24) is 14.9 Å². The fourth-order valence-electron chi connectivity index (χ4n) is 3.17. The van der Waals surface area contributed by atoms with Gasteiger partial charge < -0.3 is 9.88 Å². The van der Waals surface area contributed by atoms with Crippen LogP contribution in [0.5, 0.6) is 0 Å². The number of nitrogens with zero attached hydrogens (tertiary/aromatic N) is 2. The minimum Gasteiger partial charge on any atom is -0.339 e. The fraction of sp³-hybridized carbons (Fsp3) is 0.300. The lowest BCUT2D eigenvalue weighted by atomic mass is 10.1. The number of aromatic nitrogens is 2. The van der Waals surface area contributed by atoms with Crippen LogP contribution in [0.1, 0.15) is 34.3 Å². The second-order valence-electron chi connectivity index (χ2n) is 6.55. The van der Waals surface area contributed by atoms with Crippen molar-refractivity contribution < 1.29 is 4.79 Å². The molecule has 0 spiro atoms. The van der Waals surface area contributed by atoms with Crippen LogP contribution in [0.2, 0.25) is 0 Å². The highest BCUT2D eigenvalue weighted by Gasteiger charge is 2.19. The zero-order valence-electron chi connectivity index (χ0n) is 14.3. The molecule has 3 aromatic rings. The number of carbonyl (C=O) groups is 1. The van der Waals surface area contributed by atoms with Gasteiger partial charge in [0.25, 0.3) is 5.91 Å². The van der Waals surface area contributed by atoms with Crippen LogP contribution in [-0.4, -0.2) is 33.9 Å². The summed E-state index contributed by atoms with van der Waals surface area (Å²) in [5.41, 5.74) is 5.29. The molecule has 1 aliphatic heterocycles. The van der Waals surface area contributed by atoms with E-state index in [1.54, 1.807) is 11.8 Å². The lowest BCUT2D eigenvalue weighted by Crippen LogP contribution is -2.27. The molecule has 2 aromatic carbocycles. The van der Waals surface area contributed by atoms with Gasteiger partial charge in [0.05, 0.1) is 11.0 Å². The van der Waals surface area contributed by atoms with E-state index in [4.69, 9.17) is 0 Å². The van der Waals surface area contributed by atoms with Crippen molar-refractivity contribution in [2.45, 2.75) is 30.7 Å². The summed E-state index contributed by atoms with van der Waals surface area (Å²) < 4.78 is 0. The summed E-state index contributed by atoms with van der Waals surface area (Å²) in [4.78, 5) is 22.3. The lowest BCUT2D eigenvalue weighted by Gasteiger charge is -2.15. The summed E-state index contributed by atoms with van der Waals surface area (Å²) in [6.07, 6.45) is 2.25. The first-order chi connectivity index (χ1) is 12.2. The van der Waals surface area contributed by atoms with Gasteiger partial charge in [0, 0.05) is 24.4 Å². The van der Waals surface area contributed by atoms with Crippen LogP contribution in [0, 0.1) is 6.92 Å². The van der Waals surface area contributed by atoms with Crippen molar-refractivity contribution in [2.75, 3.05) is 13.1 Å². The molecule has 4 nitrogen and oxygen atoms in total. The van der Waals surface area contributed by atoms with Gasteiger partial charge in [-0.05, 0) is 55.2 Å². The van der Waals surface area contributed by atoms with Crippen molar-refractivity contribution in [3.05, 3.63) is 59.2 Å². The maximum atomic E-state index is 12.4. The van der Waals surface area contributed by atoms with Crippen molar-refractivity contribution in [2.24, 2.45) is 0 Å². The number of fused-ring (bicyclic) bond motifs is 1. The molecule has 0 atom stereocenters. The molecule has 1 aromatic heterocycles. The van der Waals surface area contributed by atoms with Gasteiger partial charge in [-0.3, -0.25) is 4.79 Å². The first kappa shape index (κ1) is 16.2. The zero-order valence-corrected chi connectivity index (χ0v) is 15.1. The largest absolute Gasteiger partial charge is 0.339 e. The Kier molecular flexibility index (Phi) is 4.49. The van der Waals surface area contributed by atoms with Gasteiger partial charge in [-0.2, -0.15) is 0 Å². The van der Waals surface area contributed by atoms with Gasteiger partial charge >= 0.3 is 0 Å². The maximum Gasteiger partial charge on any atom is 0.253 e. The third kappa shape index (κ3) is 3.56. The number of likely N-dealkylation sites (tertiary alicyclic amines) is 1.